The van der Waals surface area contributed by atoms with Gasteiger partial charge in [-0.2, -0.15) is 0 Å². The van der Waals surface area contributed by atoms with E-state index in [0.29, 0.717) is 0 Å². The highest BCUT2D eigenvalue weighted by molar-refractivity contribution is 5.90. The predicted molar refractivity (Wildman–Crippen MR) is 95.4 cm³/mol. The maximum atomic E-state index is 11.9. The Morgan fingerprint density at radius 3 is 2.43 bits per heavy atom. The minimum atomic E-state index is -0.225. The molecule has 0 atom stereocenters. The van der Waals surface area contributed by atoms with Gasteiger partial charge in [-0.3, -0.25) is 0 Å². The highest BCUT2D eigenvalue weighted by Gasteiger charge is 2.16. The first-order chi connectivity index (χ1) is 11.1. The molecule has 0 saturated heterocycles. The quantitative estimate of drug-likeness (QED) is 0.564. The number of carbonyl (C=O) groups excluding carboxylic acids is 1. The molecule has 2 aromatic rings. The largest absolute Gasteiger partial charge is 0.459 e. The number of ether oxygens (including phenoxy) is 1. The van der Waals surface area contributed by atoms with Crippen LogP contribution in [0.15, 0.2) is 36.4 Å². The number of benzene rings is 2. The molecule has 0 aliphatic heterocycles. The zero-order chi connectivity index (χ0) is 16.2. The lowest BCUT2D eigenvalue weighted by molar-refractivity contribution is -0.144. The Morgan fingerprint density at radius 2 is 1.70 bits per heavy atom. The molecule has 0 aromatic heterocycles. The summed E-state index contributed by atoms with van der Waals surface area (Å²) in [5.74, 6) is -0.225. The van der Waals surface area contributed by atoms with Crippen molar-refractivity contribution in [3.63, 3.8) is 0 Å². The normalized spacial score (nSPS) is 16.1. The topological polar surface area (TPSA) is 26.3 Å². The minimum Gasteiger partial charge on any atom is -0.459 e. The molecule has 2 heteroatoms. The monoisotopic (exact) mass is 308 g/mol. The van der Waals surface area contributed by atoms with E-state index in [0.717, 1.165) is 18.4 Å². The molecule has 0 unspecified atom stereocenters. The van der Waals surface area contributed by atoms with E-state index < -0.39 is 0 Å². The third kappa shape index (κ3) is 4.01. The summed E-state index contributed by atoms with van der Waals surface area (Å²) in [5.41, 5.74) is 3.62. The lowest BCUT2D eigenvalue weighted by atomic mass is 9.98. The van der Waals surface area contributed by atoms with Crippen molar-refractivity contribution >= 4 is 22.8 Å². The van der Waals surface area contributed by atoms with Gasteiger partial charge < -0.3 is 4.74 Å². The molecule has 2 aromatic carbocycles. The van der Waals surface area contributed by atoms with Crippen molar-refractivity contribution in [2.24, 2.45) is 0 Å². The van der Waals surface area contributed by atoms with Crippen molar-refractivity contribution in [1.82, 2.24) is 0 Å². The van der Waals surface area contributed by atoms with Gasteiger partial charge in [-0.1, -0.05) is 30.7 Å². The average molecular weight is 308 g/mol. The van der Waals surface area contributed by atoms with Crippen LogP contribution in [0.25, 0.3) is 16.8 Å². The molecule has 1 aliphatic carbocycles. The number of aryl methyl sites for hydroxylation is 2. The second-order valence-corrected chi connectivity index (χ2v) is 6.57. The molecular weight excluding hydrogens is 284 g/mol. The Labute approximate surface area is 138 Å². The number of esters is 1. The Bertz CT molecular complexity index is 737. The Hall–Kier alpha value is -2.09. The van der Waals surface area contributed by atoms with Crippen LogP contribution in [0.5, 0.6) is 0 Å². The molecule has 1 fully saturated rings. The maximum absolute atomic E-state index is 11.9. The van der Waals surface area contributed by atoms with E-state index in [-0.39, 0.29) is 12.1 Å². The van der Waals surface area contributed by atoms with Crippen LogP contribution in [0.3, 0.4) is 0 Å². The molecule has 1 saturated carbocycles. The molecule has 120 valence electrons. The molecular formula is C21H24O2. The van der Waals surface area contributed by atoms with Gasteiger partial charge in [0.05, 0.1) is 0 Å². The van der Waals surface area contributed by atoms with Crippen LogP contribution in [0.2, 0.25) is 0 Å². The molecule has 0 spiro atoms. The number of fused-ring (bicyclic) bond motifs is 1. The van der Waals surface area contributed by atoms with Gasteiger partial charge in [0.25, 0.3) is 0 Å². The molecule has 0 N–H and O–H groups in total. The van der Waals surface area contributed by atoms with Gasteiger partial charge in [-0.15, -0.1) is 0 Å². The molecule has 1 aliphatic rings. The number of rotatable bonds is 3. The van der Waals surface area contributed by atoms with Gasteiger partial charge in [0.15, 0.2) is 0 Å². The second kappa shape index (κ2) is 6.99. The standard InChI is InChI=1S/C21H24O2/c1-15-12-18-10-8-17(14-19(18)13-16(15)2)9-11-21(22)23-20-6-4-3-5-7-20/h8-14,20H,3-7H2,1-2H3/b11-9+. The summed E-state index contributed by atoms with van der Waals surface area (Å²) in [6.45, 7) is 4.25. The zero-order valence-electron chi connectivity index (χ0n) is 14.0. The number of carbonyl (C=O) groups is 1. The van der Waals surface area contributed by atoms with E-state index in [1.165, 1.54) is 41.2 Å². The van der Waals surface area contributed by atoms with E-state index in [2.05, 4.69) is 38.1 Å². The summed E-state index contributed by atoms with van der Waals surface area (Å²) in [6.07, 6.45) is 9.14. The van der Waals surface area contributed by atoms with Gasteiger partial charge in [0.1, 0.15) is 6.10 Å². The van der Waals surface area contributed by atoms with Crippen LogP contribution >= 0.6 is 0 Å². The third-order valence-electron chi connectivity index (χ3n) is 4.72. The van der Waals surface area contributed by atoms with E-state index in [1.54, 1.807) is 6.08 Å². The van der Waals surface area contributed by atoms with Crippen LogP contribution < -0.4 is 0 Å². The average Bonchev–Trinajstić information content (AvgIpc) is 2.55. The molecule has 3 rings (SSSR count). The van der Waals surface area contributed by atoms with E-state index in [4.69, 9.17) is 4.74 Å². The van der Waals surface area contributed by atoms with Crippen molar-refractivity contribution in [3.05, 3.63) is 53.1 Å². The van der Waals surface area contributed by atoms with Crippen molar-refractivity contribution in [3.8, 4) is 0 Å². The Balaban J connectivity index is 1.70. The van der Waals surface area contributed by atoms with Crippen molar-refractivity contribution in [2.75, 3.05) is 0 Å². The summed E-state index contributed by atoms with van der Waals surface area (Å²) in [6, 6.07) is 10.7. The fourth-order valence-corrected chi connectivity index (χ4v) is 3.20. The molecule has 0 heterocycles. The van der Waals surface area contributed by atoms with Gasteiger partial charge in [0, 0.05) is 6.08 Å². The van der Waals surface area contributed by atoms with Crippen LogP contribution in [0.4, 0.5) is 0 Å². The van der Waals surface area contributed by atoms with Crippen LogP contribution in [-0.2, 0) is 9.53 Å². The van der Waals surface area contributed by atoms with E-state index in [9.17, 15) is 4.79 Å². The van der Waals surface area contributed by atoms with E-state index in [1.807, 2.05) is 12.1 Å². The number of hydrogen-bond acceptors (Lipinski definition) is 2. The van der Waals surface area contributed by atoms with Crippen molar-refractivity contribution in [1.29, 1.82) is 0 Å². The van der Waals surface area contributed by atoms with Gasteiger partial charge in [0.2, 0.25) is 0 Å². The summed E-state index contributed by atoms with van der Waals surface area (Å²) in [7, 11) is 0. The van der Waals surface area contributed by atoms with Crippen LogP contribution in [-0.4, -0.2) is 12.1 Å². The van der Waals surface area contributed by atoms with Crippen molar-refractivity contribution in [2.45, 2.75) is 52.1 Å². The van der Waals surface area contributed by atoms with E-state index >= 15 is 0 Å². The molecule has 23 heavy (non-hydrogen) atoms. The predicted octanol–water partition coefficient (Wildman–Crippen LogP) is 5.35. The van der Waals surface area contributed by atoms with Crippen molar-refractivity contribution < 1.29 is 9.53 Å². The van der Waals surface area contributed by atoms with Gasteiger partial charge >= 0.3 is 5.97 Å². The molecule has 0 amide bonds. The summed E-state index contributed by atoms with van der Waals surface area (Å²) < 4.78 is 5.51. The van der Waals surface area contributed by atoms with Crippen LogP contribution in [0, 0.1) is 13.8 Å². The van der Waals surface area contributed by atoms with Gasteiger partial charge in [-0.05, 0) is 79.1 Å². The summed E-state index contributed by atoms with van der Waals surface area (Å²) >= 11 is 0. The zero-order valence-corrected chi connectivity index (χ0v) is 14.0. The fraction of sp³-hybridized carbons (Fsp3) is 0.381. The first-order valence-corrected chi connectivity index (χ1v) is 8.51. The molecule has 0 radical (unpaired) electrons. The maximum Gasteiger partial charge on any atom is 0.331 e. The third-order valence-corrected chi connectivity index (χ3v) is 4.72. The van der Waals surface area contributed by atoms with Gasteiger partial charge in [-0.25, -0.2) is 4.79 Å². The first-order valence-electron chi connectivity index (χ1n) is 8.51. The highest BCUT2D eigenvalue weighted by Crippen LogP contribution is 2.22. The molecule has 0 bridgehead atoms. The SMILES string of the molecule is Cc1cc2ccc(/C=C/C(=O)OC3CCCCC3)cc2cc1C. The summed E-state index contributed by atoms with van der Waals surface area (Å²) in [4.78, 5) is 11.9. The Kier molecular flexibility index (Phi) is 4.80. The highest BCUT2D eigenvalue weighted by atomic mass is 16.5. The first kappa shape index (κ1) is 15.8. The fourth-order valence-electron chi connectivity index (χ4n) is 3.20. The lowest BCUT2D eigenvalue weighted by Crippen LogP contribution is -2.19. The Morgan fingerprint density at radius 1 is 1.00 bits per heavy atom. The smallest absolute Gasteiger partial charge is 0.331 e. The minimum absolute atomic E-state index is 0.114. The molecule has 2 nitrogen and oxygen atoms in total. The number of hydrogen-bond donors (Lipinski definition) is 0. The lowest BCUT2D eigenvalue weighted by Gasteiger charge is -2.20. The van der Waals surface area contributed by atoms with Crippen LogP contribution in [0.1, 0.15) is 48.8 Å². The second-order valence-electron chi connectivity index (χ2n) is 6.57. The summed E-state index contributed by atoms with van der Waals surface area (Å²) in [5, 5.41) is 2.44.